The molecule has 86 valence electrons. The van der Waals surface area contributed by atoms with Gasteiger partial charge in [-0.05, 0) is 38.4 Å². The normalized spacial score (nSPS) is 30.5. The molecule has 0 spiro atoms. The number of rotatable bonds is 4. The van der Waals surface area contributed by atoms with Crippen LogP contribution in [-0.4, -0.2) is 39.2 Å². The molecule has 4 heteroatoms. The van der Waals surface area contributed by atoms with Crippen LogP contribution in [0.1, 0.15) is 32.6 Å². The molecule has 2 nitrogen and oxygen atoms in total. The van der Waals surface area contributed by atoms with Crippen LogP contribution >= 0.6 is 27.7 Å². The maximum atomic E-state index is 12.4. The van der Waals surface area contributed by atoms with Crippen molar-refractivity contribution in [3.8, 4) is 0 Å². The zero-order valence-corrected chi connectivity index (χ0v) is 11.6. The van der Waals surface area contributed by atoms with Crippen molar-refractivity contribution in [3.05, 3.63) is 0 Å². The average Bonchev–Trinajstić information content (AvgIpc) is 2.97. The predicted molar refractivity (Wildman–Crippen MR) is 68.6 cm³/mol. The molecule has 0 N–H and O–H groups in total. The van der Waals surface area contributed by atoms with Gasteiger partial charge in [-0.3, -0.25) is 4.79 Å². The van der Waals surface area contributed by atoms with Gasteiger partial charge < -0.3 is 4.90 Å². The number of nitrogens with zero attached hydrogens (tertiary/aromatic N) is 1. The van der Waals surface area contributed by atoms with Crippen molar-refractivity contribution in [2.45, 2.75) is 43.4 Å². The number of amides is 1. The molecule has 1 saturated heterocycles. The van der Waals surface area contributed by atoms with E-state index in [1.54, 1.807) is 0 Å². The number of halogens is 1. The second-order valence-corrected chi connectivity index (χ2v) is 6.99. The first-order chi connectivity index (χ1) is 7.17. The average molecular weight is 292 g/mol. The molecule has 1 saturated carbocycles. The van der Waals surface area contributed by atoms with Gasteiger partial charge in [0.1, 0.15) is 0 Å². The summed E-state index contributed by atoms with van der Waals surface area (Å²) in [6.07, 6.45) is 4.67. The van der Waals surface area contributed by atoms with Gasteiger partial charge in [0.05, 0.1) is 4.75 Å². The summed E-state index contributed by atoms with van der Waals surface area (Å²) in [6.45, 7) is 3.00. The molecule has 1 unspecified atom stereocenters. The minimum Gasteiger partial charge on any atom is -0.338 e. The highest BCUT2D eigenvalue weighted by molar-refractivity contribution is 9.09. The molecule has 15 heavy (non-hydrogen) atoms. The van der Waals surface area contributed by atoms with E-state index in [1.807, 2.05) is 11.8 Å². The number of hydrogen-bond acceptors (Lipinski definition) is 2. The summed E-state index contributed by atoms with van der Waals surface area (Å²) in [5.41, 5.74) is 0. The van der Waals surface area contributed by atoms with Crippen LogP contribution in [0.4, 0.5) is 0 Å². The SMILES string of the molecule is CC1(C(=O)N(CCBr)C2CC2)CCCS1. The molecule has 1 atom stereocenters. The quantitative estimate of drug-likeness (QED) is 0.743. The molecule has 0 aromatic heterocycles. The van der Waals surface area contributed by atoms with Gasteiger partial charge >= 0.3 is 0 Å². The van der Waals surface area contributed by atoms with Crippen molar-refractivity contribution in [2.75, 3.05) is 17.6 Å². The number of carbonyl (C=O) groups is 1. The third kappa shape index (κ3) is 2.52. The lowest BCUT2D eigenvalue weighted by Gasteiger charge is -2.30. The van der Waals surface area contributed by atoms with E-state index in [4.69, 9.17) is 0 Å². The summed E-state index contributed by atoms with van der Waals surface area (Å²) in [4.78, 5) is 14.5. The number of hydrogen-bond donors (Lipinski definition) is 0. The largest absolute Gasteiger partial charge is 0.338 e. The minimum atomic E-state index is -0.120. The van der Waals surface area contributed by atoms with Crippen LogP contribution in [0.2, 0.25) is 0 Å². The van der Waals surface area contributed by atoms with Crippen LogP contribution in [0.3, 0.4) is 0 Å². The summed E-state index contributed by atoms with van der Waals surface area (Å²) >= 11 is 5.29. The highest BCUT2D eigenvalue weighted by atomic mass is 79.9. The summed E-state index contributed by atoms with van der Waals surface area (Å²) < 4.78 is -0.120. The second kappa shape index (κ2) is 4.66. The smallest absolute Gasteiger partial charge is 0.238 e. The zero-order chi connectivity index (χ0) is 10.9. The first-order valence-electron chi connectivity index (χ1n) is 5.68. The highest BCUT2D eigenvalue weighted by Gasteiger charge is 2.43. The van der Waals surface area contributed by atoms with Crippen molar-refractivity contribution in [3.63, 3.8) is 0 Å². The monoisotopic (exact) mass is 291 g/mol. The first-order valence-corrected chi connectivity index (χ1v) is 7.79. The summed E-state index contributed by atoms with van der Waals surface area (Å²) in [5.74, 6) is 1.53. The van der Waals surface area contributed by atoms with E-state index in [0.717, 1.165) is 24.0 Å². The molecule has 0 aromatic carbocycles. The Labute approximate surface area is 104 Å². The molecule has 1 heterocycles. The van der Waals surface area contributed by atoms with E-state index in [2.05, 4.69) is 27.8 Å². The van der Waals surface area contributed by atoms with E-state index in [-0.39, 0.29) is 4.75 Å². The van der Waals surface area contributed by atoms with Crippen molar-refractivity contribution < 1.29 is 4.79 Å². The van der Waals surface area contributed by atoms with Crippen LogP contribution in [0, 0.1) is 0 Å². The van der Waals surface area contributed by atoms with Gasteiger partial charge in [0, 0.05) is 17.9 Å². The molecule has 0 bridgehead atoms. The Bertz CT molecular complexity index is 249. The molecule has 2 rings (SSSR count). The summed E-state index contributed by atoms with van der Waals surface area (Å²) in [6, 6.07) is 0.549. The van der Waals surface area contributed by atoms with Crippen molar-refractivity contribution in [1.82, 2.24) is 4.90 Å². The Balaban J connectivity index is 2.02. The minimum absolute atomic E-state index is 0.120. The van der Waals surface area contributed by atoms with E-state index < -0.39 is 0 Å². The Kier molecular flexibility index (Phi) is 3.66. The fourth-order valence-corrected chi connectivity index (χ4v) is 3.83. The van der Waals surface area contributed by atoms with E-state index in [0.29, 0.717) is 11.9 Å². The lowest BCUT2D eigenvalue weighted by atomic mass is 10.0. The molecule has 1 aliphatic heterocycles. The molecule has 1 amide bonds. The predicted octanol–water partition coefficient (Wildman–Crippen LogP) is 2.66. The van der Waals surface area contributed by atoms with E-state index in [1.165, 1.54) is 19.3 Å². The number of thioether (sulfide) groups is 1. The van der Waals surface area contributed by atoms with Crippen molar-refractivity contribution >= 4 is 33.6 Å². The van der Waals surface area contributed by atoms with Gasteiger partial charge in [-0.15, -0.1) is 11.8 Å². The van der Waals surface area contributed by atoms with Crippen LogP contribution in [0.15, 0.2) is 0 Å². The Hall–Kier alpha value is 0.300. The Morgan fingerprint density at radius 2 is 2.33 bits per heavy atom. The van der Waals surface area contributed by atoms with Crippen LogP contribution in [0.25, 0.3) is 0 Å². The molecule has 0 radical (unpaired) electrons. The Morgan fingerprint density at radius 3 is 2.80 bits per heavy atom. The topological polar surface area (TPSA) is 20.3 Å². The highest BCUT2D eigenvalue weighted by Crippen LogP contribution is 2.41. The van der Waals surface area contributed by atoms with Gasteiger partial charge in [0.2, 0.25) is 5.91 Å². The Morgan fingerprint density at radius 1 is 1.60 bits per heavy atom. The molecule has 1 aliphatic carbocycles. The molecule has 2 aliphatic rings. The van der Waals surface area contributed by atoms with E-state index >= 15 is 0 Å². The second-order valence-electron chi connectivity index (χ2n) is 4.60. The fourth-order valence-electron chi connectivity index (χ4n) is 2.18. The molecular weight excluding hydrogens is 274 g/mol. The standard InChI is InChI=1S/C11H18BrNOS/c1-11(5-2-8-15-11)10(14)13(7-6-12)9-3-4-9/h9H,2-8H2,1H3. The summed E-state index contributed by atoms with van der Waals surface area (Å²) in [5, 5.41) is 0.899. The van der Waals surface area contributed by atoms with Gasteiger partial charge in [-0.2, -0.15) is 0 Å². The molecular formula is C11H18BrNOS. The number of alkyl halides is 1. The van der Waals surface area contributed by atoms with Crippen molar-refractivity contribution in [2.24, 2.45) is 0 Å². The number of carbonyl (C=O) groups excluding carboxylic acids is 1. The lowest BCUT2D eigenvalue weighted by Crippen LogP contribution is -2.45. The molecule has 2 fully saturated rings. The maximum Gasteiger partial charge on any atom is 0.238 e. The fraction of sp³-hybridized carbons (Fsp3) is 0.909. The van der Waals surface area contributed by atoms with Crippen LogP contribution < -0.4 is 0 Å². The van der Waals surface area contributed by atoms with Crippen LogP contribution in [-0.2, 0) is 4.79 Å². The van der Waals surface area contributed by atoms with Crippen LogP contribution in [0.5, 0.6) is 0 Å². The first kappa shape index (κ1) is 11.8. The lowest BCUT2D eigenvalue weighted by molar-refractivity contribution is -0.133. The van der Waals surface area contributed by atoms with Crippen molar-refractivity contribution in [1.29, 1.82) is 0 Å². The van der Waals surface area contributed by atoms with Gasteiger partial charge in [0.25, 0.3) is 0 Å². The van der Waals surface area contributed by atoms with Gasteiger partial charge in [0.15, 0.2) is 0 Å². The zero-order valence-electron chi connectivity index (χ0n) is 9.17. The summed E-state index contributed by atoms with van der Waals surface area (Å²) in [7, 11) is 0. The molecule has 0 aromatic rings. The maximum absolute atomic E-state index is 12.4. The van der Waals surface area contributed by atoms with Gasteiger partial charge in [-0.25, -0.2) is 0 Å². The van der Waals surface area contributed by atoms with Gasteiger partial charge in [-0.1, -0.05) is 15.9 Å². The third-order valence-corrected chi connectivity index (χ3v) is 5.11. The third-order valence-electron chi connectivity index (χ3n) is 3.25. The van der Waals surface area contributed by atoms with E-state index in [9.17, 15) is 4.79 Å².